The molecule has 0 spiro atoms. The van der Waals surface area contributed by atoms with E-state index in [4.69, 9.17) is 5.73 Å². The molecule has 0 saturated carbocycles. The summed E-state index contributed by atoms with van der Waals surface area (Å²) in [5.74, 6) is 0.626. The van der Waals surface area contributed by atoms with Crippen LogP contribution in [0.3, 0.4) is 0 Å². The standard InChI is InChI=1S/C14H22N2O/c1-10(2)4-9-14(15)12-5-7-13(8-6-12)16-11(3)17/h5-8,10,14H,4,9,15H2,1-3H3,(H,16,17)/t14-/m0/s1. The highest BCUT2D eigenvalue weighted by Gasteiger charge is 2.07. The molecule has 3 heteroatoms. The van der Waals surface area contributed by atoms with Gasteiger partial charge in [-0.1, -0.05) is 26.0 Å². The Balaban J connectivity index is 2.57. The van der Waals surface area contributed by atoms with E-state index < -0.39 is 0 Å². The van der Waals surface area contributed by atoms with Gasteiger partial charge in [0.1, 0.15) is 0 Å². The first-order chi connectivity index (χ1) is 7.99. The van der Waals surface area contributed by atoms with Crippen molar-refractivity contribution in [1.29, 1.82) is 0 Å². The van der Waals surface area contributed by atoms with E-state index in [2.05, 4.69) is 19.2 Å². The molecule has 0 heterocycles. The van der Waals surface area contributed by atoms with Crippen LogP contribution in [0.15, 0.2) is 24.3 Å². The monoisotopic (exact) mass is 234 g/mol. The van der Waals surface area contributed by atoms with Crippen LogP contribution in [0, 0.1) is 5.92 Å². The molecule has 0 radical (unpaired) electrons. The van der Waals surface area contributed by atoms with Gasteiger partial charge in [-0.15, -0.1) is 0 Å². The summed E-state index contributed by atoms with van der Waals surface area (Å²) < 4.78 is 0. The average Bonchev–Trinajstić information content (AvgIpc) is 2.26. The lowest BCUT2D eigenvalue weighted by atomic mass is 9.98. The van der Waals surface area contributed by atoms with Gasteiger partial charge in [0.25, 0.3) is 0 Å². The molecule has 1 amide bonds. The Morgan fingerprint density at radius 3 is 2.29 bits per heavy atom. The van der Waals surface area contributed by atoms with E-state index in [9.17, 15) is 4.79 Å². The van der Waals surface area contributed by atoms with Crippen LogP contribution in [0.1, 0.15) is 45.2 Å². The lowest BCUT2D eigenvalue weighted by Crippen LogP contribution is -2.11. The molecule has 1 aromatic rings. The van der Waals surface area contributed by atoms with E-state index in [1.807, 2.05) is 24.3 Å². The van der Waals surface area contributed by atoms with Crippen molar-refractivity contribution in [3.8, 4) is 0 Å². The predicted molar refractivity (Wildman–Crippen MR) is 71.7 cm³/mol. The Labute approximate surface area is 103 Å². The normalized spacial score (nSPS) is 12.5. The molecule has 17 heavy (non-hydrogen) atoms. The van der Waals surface area contributed by atoms with Crippen LogP contribution in [0.4, 0.5) is 5.69 Å². The van der Waals surface area contributed by atoms with Gasteiger partial charge in [-0.25, -0.2) is 0 Å². The van der Waals surface area contributed by atoms with E-state index in [1.165, 1.54) is 6.92 Å². The van der Waals surface area contributed by atoms with E-state index in [-0.39, 0.29) is 11.9 Å². The topological polar surface area (TPSA) is 55.1 Å². The zero-order valence-corrected chi connectivity index (χ0v) is 10.9. The number of hydrogen-bond donors (Lipinski definition) is 2. The number of hydrogen-bond acceptors (Lipinski definition) is 2. The van der Waals surface area contributed by atoms with Crippen LogP contribution < -0.4 is 11.1 Å². The summed E-state index contributed by atoms with van der Waals surface area (Å²) in [6.07, 6.45) is 2.13. The lowest BCUT2D eigenvalue weighted by molar-refractivity contribution is -0.114. The summed E-state index contributed by atoms with van der Waals surface area (Å²) in [5, 5.41) is 2.74. The summed E-state index contributed by atoms with van der Waals surface area (Å²) in [4.78, 5) is 10.9. The van der Waals surface area contributed by atoms with E-state index in [0.29, 0.717) is 5.92 Å². The van der Waals surface area contributed by atoms with Crippen molar-refractivity contribution in [3.63, 3.8) is 0 Å². The van der Waals surface area contributed by atoms with Crippen molar-refractivity contribution < 1.29 is 4.79 Å². The number of nitrogens with one attached hydrogen (secondary N) is 1. The molecular formula is C14H22N2O. The third-order valence-electron chi connectivity index (χ3n) is 2.71. The predicted octanol–water partition coefficient (Wildman–Crippen LogP) is 3.08. The minimum absolute atomic E-state index is 0.0538. The minimum atomic E-state index is -0.0538. The fourth-order valence-electron chi connectivity index (χ4n) is 1.70. The van der Waals surface area contributed by atoms with Crippen LogP contribution in [0.25, 0.3) is 0 Å². The molecule has 0 aliphatic rings. The first kappa shape index (κ1) is 13.7. The number of carbonyl (C=O) groups excluding carboxylic acids is 1. The molecule has 3 nitrogen and oxygen atoms in total. The summed E-state index contributed by atoms with van der Waals surface area (Å²) in [6, 6.07) is 7.84. The zero-order valence-electron chi connectivity index (χ0n) is 10.9. The Morgan fingerprint density at radius 2 is 1.82 bits per heavy atom. The molecule has 1 atom stereocenters. The lowest BCUT2D eigenvalue weighted by Gasteiger charge is -2.14. The van der Waals surface area contributed by atoms with E-state index in [0.717, 1.165) is 24.1 Å². The quantitative estimate of drug-likeness (QED) is 0.822. The Hall–Kier alpha value is -1.35. The fraction of sp³-hybridized carbons (Fsp3) is 0.500. The van der Waals surface area contributed by atoms with Gasteiger partial charge in [-0.3, -0.25) is 4.79 Å². The maximum atomic E-state index is 10.9. The number of rotatable bonds is 5. The van der Waals surface area contributed by atoms with Gasteiger partial charge in [0.2, 0.25) is 5.91 Å². The highest BCUT2D eigenvalue weighted by atomic mass is 16.1. The number of anilines is 1. The second kappa shape index (κ2) is 6.40. The molecule has 0 bridgehead atoms. The molecule has 0 fully saturated rings. The molecule has 0 aliphatic heterocycles. The van der Waals surface area contributed by atoms with Crippen molar-refractivity contribution >= 4 is 11.6 Å². The van der Waals surface area contributed by atoms with Gasteiger partial charge >= 0.3 is 0 Å². The molecule has 0 saturated heterocycles. The number of carbonyl (C=O) groups is 1. The highest BCUT2D eigenvalue weighted by Crippen LogP contribution is 2.20. The minimum Gasteiger partial charge on any atom is -0.326 e. The van der Waals surface area contributed by atoms with Crippen molar-refractivity contribution in [2.45, 2.75) is 39.7 Å². The van der Waals surface area contributed by atoms with Crippen molar-refractivity contribution in [2.24, 2.45) is 11.7 Å². The highest BCUT2D eigenvalue weighted by molar-refractivity contribution is 5.88. The summed E-state index contributed by atoms with van der Waals surface area (Å²) in [5.41, 5.74) is 8.05. The van der Waals surface area contributed by atoms with Crippen LogP contribution in [-0.2, 0) is 4.79 Å². The molecular weight excluding hydrogens is 212 g/mol. The van der Waals surface area contributed by atoms with Crippen molar-refractivity contribution in [2.75, 3.05) is 5.32 Å². The second-order valence-corrected chi connectivity index (χ2v) is 4.88. The molecule has 0 aliphatic carbocycles. The Morgan fingerprint density at radius 1 is 1.24 bits per heavy atom. The number of benzene rings is 1. The fourth-order valence-corrected chi connectivity index (χ4v) is 1.70. The van der Waals surface area contributed by atoms with Crippen molar-refractivity contribution in [3.05, 3.63) is 29.8 Å². The van der Waals surface area contributed by atoms with E-state index in [1.54, 1.807) is 0 Å². The van der Waals surface area contributed by atoms with E-state index >= 15 is 0 Å². The maximum absolute atomic E-state index is 10.9. The largest absolute Gasteiger partial charge is 0.326 e. The third-order valence-corrected chi connectivity index (χ3v) is 2.71. The SMILES string of the molecule is CC(=O)Nc1ccc([C@@H](N)CCC(C)C)cc1. The summed E-state index contributed by atoms with van der Waals surface area (Å²) >= 11 is 0. The van der Waals surface area contributed by atoms with Gasteiger partial charge in [-0.2, -0.15) is 0 Å². The Bertz CT molecular complexity index is 357. The van der Waals surface area contributed by atoms with Crippen LogP contribution in [0.2, 0.25) is 0 Å². The Kier molecular flexibility index (Phi) is 5.16. The zero-order chi connectivity index (χ0) is 12.8. The first-order valence-electron chi connectivity index (χ1n) is 6.12. The van der Waals surface area contributed by atoms with Crippen molar-refractivity contribution in [1.82, 2.24) is 0 Å². The van der Waals surface area contributed by atoms with Gasteiger partial charge in [0.15, 0.2) is 0 Å². The first-order valence-corrected chi connectivity index (χ1v) is 6.12. The molecule has 0 aromatic heterocycles. The van der Waals surface area contributed by atoms with Gasteiger partial charge in [-0.05, 0) is 36.5 Å². The van der Waals surface area contributed by atoms with Gasteiger partial charge < -0.3 is 11.1 Å². The second-order valence-electron chi connectivity index (χ2n) is 4.88. The summed E-state index contributed by atoms with van der Waals surface area (Å²) in [6.45, 7) is 5.90. The average molecular weight is 234 g/mol. The summed E-state index contributed by atoms with van der Waals surface area (Å²) in [7, 11) is 0. The van der Waals surface area contributed by atoms with Crippen LogP contribution in [-0.4, -0.2) is 5.91 Å². The smallest absolute Gasteiger partial charge is 0.221 e. The third kappa shape index (κ3) is 5.00. The molecule has 1 aromatic carbocycles. The van der Waals surface area contributed by atoms with Gasteiger partial charge in [0, 0.05) is 18.7 Å². The van der Waals surface area contributed by atoms with Crippen LogP contribution >= 0.6 is 0 Å². The number of nitrogens with two attached hydrogens (primary N) is 1. The molecule has 1 rings (SSSR count). The molecule has 94 valence electrons. The van der Waals surface area contributed by atoms with Gasteiger partial charge in [0.05, 0.1) is 0 Å². The number of amides is 1. The van der Waals surface area contributed by atoms with Crippen LogP contribution in [0.5, 0.6) is 0 Å². The molecule has 3 N–H and O–H groups in total. The molecule has 0 unspecified atom stereocenters. The maximum Gasteiger partial charge on any atom is 0.221 e.